The van der Waals surface area contributed by atoms with Crippen molar-refractivity contribution >= 4 is 40.4 Å². The number of fused-ring (bicyclic) bond motifs is 7. The van der Waals surface area contributed by atoms with Crippen LogP contribution in [0.25, 0.3) is 78.4 Å². The zero-order chi connectivity index (χ0) is 50.0. The first-order valence-corrected chi connectivity index (χ1v) is 16.8. The SMILES string of the molecule is [2H]c1c([2H])c([2H])c(-c2nc(-c3c([2H])c([2H])c(-c4c([2H])c([2H])c([2H])c([2H])c4[2H])c([2H])c3[2H])nc(-c3cc4c(c5oc6c([2H])c([2H])c([2H])c([2H])c6c35)-c3c([2H])c([2H])c([2H])c([2H])c3[Si]4(C)C)n2)c([2H])c1[2H]. The van der Waals surface area contributed by atoms with E-state index in [4.69, 9.17) is 31.8 Å². The van der Waals surface area contributed by atoms with E-state index in [0.29, 0.717) is 5.19 Å². The average Bonchev–Trinajstić information content (AvgIpc) is 3.82. The van der Waals surface area contributed by atoms with Crippen molar-refractivity contribution in [3.63, 3.8) is 0 Å². The van der Waals surface area contributed by atoms with Gasteiger partial charge < -0.3 is 4.42 Å². The Morgan fingerprint density at radius 1 is 0.522 bits per heavy atom. The largest absolute Gasteiger partial charge is 0.455 e. The van der Waals surface area contributed by atoms with E-state index in [0.717, 1.165) is 0 Å². The molecule has 9 rings (SSSR count). The molecule has 0 bridgehead atoms. The van der Waals surface area contributed by atoms with Crippen LogP contribution in [0.2, 0.25) is 13.1 Å². The van der Waals surface area contributed by atoms with Gasteiger partial charge in [0.15, 0.2) is 17.5 Å². The van der Waals surface area contributed by atoms with Crippen LogP contribution in [0.1, 0.15) is 30.2 Å². The molecule has 0 fully saturated rings. The molecule has 0 atom stereocenters. The number of nitrogens with zero attached hydrogens (tertiary/aromatic N) is 3. The molecule has 6 aromatic carbocycles. The third kappa shape index (κ3) is 4.09. The third-order valence-electron chi connectivity index (χ3n) is 7.82. The molecule has 0 amide bonds. The molecule has 5 heteroatoms. The number of furan rings is 1. The fourth-order valence-corrected chi connectivity index (χ4v) is 8.52. The standard InChI is InChI=1S/C41H29N3OSi/c1-46(2)34-20-12-10-18-31(34)37-35(46)25-32(36-30-17-9-11-19-33(30)45-38(36)37)41-43-39(28-15-7-4-8-16-28)42-40(44-41)29-23-21-27(22-24-29)26-13-5-3-6-14-26/h3-25H,1-2H3/i3D,4D,5D,6D,7D,8D,9D,10D,11D,12D,13D,14D,15D,16D,17D,18D,19D,20D,21D,22D,23D,24D. The zero-order valence-corrected chi connectivity index (χ0v) is 24.8. The summed E-state index contributed by atoms with van der Waals surface area (Å²) in [6, 6.07) is -14.5. The quantitative estimate of drug-likeness (QED) is 0.182. The minimum atomic E-state index is -3.30. The van der Waals surface area contributed by atoms with Crippen molar-refractivity contribution < 1.29 is 34.6 Å². The molecule has 46 heavy (non-hydrogen) atoms. The van der Waals surface area contributed by atoms with Crippen LogP contribution < -0.4 is 10.4 Å². The summed E-state index contributed by atoms with van der Waals surface area (Å²) in [6.45, 7) is 3.59. The molecule has 0 N–H and O–H groups in total. The molecule has 0 saturated heterocycles. The minimum Gasteiger partial charge on any atom is -0.455 e. The summed E-state index contributed by atoms with van der Waals surface area (Å²) >= 11 is 0. The van der Waals surface area contributed by atoms with Gasteiger partial charge in [-0.2, -0.15) is 0 Å². The Labute approximate surface area is 299 Å². The van der Waals surface area contributed by atoms with E-state index in [2.05, 4.69) is 15.0 Å². The highest BCUT2D eigenvalue weighted by molar-refractivity contribution is 7.04. The maximum Gasteiger partial charge on any atom is 0.164 e. The Morgan fingerprint density at radius 2 is 1.07 bits per heavy atom. The van der Waals surface area contributed by atoms with Crippen molar-refractivity contribution in [1.82, 2.24) is 15.0 Å². The Balaban J connectivity index is 1.48. The van der Waals surface area contributed by atoms with Gasteiger partial charge in [0, 0.05) is 33.0 Å². The monoisotopic (exact) mass is 629 g/mol. The zero-order valence-electron chi connectivity index (χ0n) is 45.8. The van der Waals surface area contributed by atoms with Crippen molar-refractivity contribution in [2.45, 2.75) is 13.1 Å². The van der Waals surface area contributed by atoms with Crippen LogP contribution in [-0.2, 0) is 0 Å². The van der Waals surface area contributed by atoms with E-state index < -0.39 is 175 Å². The van der Waals surface area contributed by atoms with Gasteiger partial charge in [0.05, 0.1) is 30.2 Å². The van der Waals surface area contributed by atoms with Gasteiger partial charge in [-0.3, -0.25) is 0 Å². The van der Waals surface area contributed by atoms with Crippen LogP contribution in [0, 0.1) is 0 Å². The highest BCUT2D eigenvalue weighted by atomic mass is 28.3. The highest BCUT2D eigenvalue weighted by Gasteiger charge is 2.40. The van der Waals surface area contributed by atoms with Gasteiger partial charge in [0.25, 0.3) is 0 Å². The molecule has 1 aliphatic rings. The maximum absolute atomic E-state index is 9.23. The van der Waals surface area contributed by atoms with Crippen LogP contribution in [0.4, 0.5) is 0 Å². The molecule has 0 aliphatic carbocycles. The molecular weight excluding hydrogens is 579 g/mol. The fourth-order valence-electron chi connectivity index (χ4n) is 5.69. The van der Waals surface area contributed by atoms with Crippen molar-refractivity contribution in [1.29, 1.82) is 0 Å². The Morgan fingerprint density at radius 3 is 1.80 bits per heavy atom. The van der Waals surface area contributed by atoms with Gasteiger partial charge in [-0.05, 0) is 39.2 Å². The lowest BCUT2D eigenvalue weighted by atomic mass is 9.98. The van der Waals surface area contributed by atoms with Gasteiger partial charge >= 0.3 is 0 Å². The topological polar surface area (TPSA) is 51.8 Å². The van der Waals surface area contributed by atoms with E-state index >= 15 is 0 Å². The lowest BCUT2D eigenvalue weighted by molar-refractivity contribution is 0.670. The van der Waals surface area contributed by atoms with Crippen molar-refractivity contribution in [2.75, 3.05) is 0 Å². The van der Waals surface area contributed by atoms with Crippen LogP contribution >= 0.6 is 0 Å². The number of hydrogen-bond donors (Lipinski definition) is 0. The lowest BCUT2D eigenvalue weighted by Gasteiger charge is -2.19. The molecule has 0 unspecified atom stereocenters. The number of rotatable bonds is 4. The van der Waals surface area contributed by atoms with Crippen LogP contribution in [0.3, 0.4) is 0 Å². The second kappa shape index (κ2) is 10.2. The molecule has 1 aliphatic heterocycles. The second-order valence-electron chi connectivity index (χ2n) is 10.8. The number of benzene rings is 6. The first-order chi connectivity index (χ1) is 31.7. The van der Waals surface area contributed by atoms with Gasteiger partial charge in [-0.1, -0.05) is 140 Å². The molecule has 8 aromatic rings. The average molecular weight is 630 g/mol. The molecular formula is C41H29N3OSi. The van der Waals surface area contributed by atoms with Crippen molar-refractivity contribution in [2.24, 2.45) is 0 Å². The Bertz CT molecular complexity index is 3620. The number of hydrogen-bond acceptors (Lipinski definition) is 4. The van der Waals surface area contributed by atoms with Crippen LogP contribution in [0.15, 0.2) is 143 Å². The van der Waals surface area contributed by atoms with E-state index in [9.17, 15) is 2.74 Å². The number of para-hydroxylation sites is 1. The predicted octanol–water partition coefficient (Wildman–Crippen LogP) is 9.24. The van der Waals surface area contributed by atoms with Gasteiger partial charge in [0.1, 0.15) is 19.2 Å². The van der Waals surface area contributed by atoms with Crippen molar-refractivity contribution in [3.05, 3.63) is 139 Å². The summed E-state index contributed by atoms with van der Waals surface area (Å²) in [7, 11) is -3.30. The van der Waals surface area contributed by atoms with Gasteiger partial charge in [-0.25, -0.2) is 15.0 Å². The molecule has 2 aromatic heterocycles. The first kappa shape index (κ1) is 12.6. The maximum atomic E-state index is 9.23. The summed E-state index contributed by atoms with van der Waals surface area (Å²) in [4.78, 5) is 13.6. The van der Waals surface area contributed by atoms with E-state index in [1.165, 1.54) is 6.07 Å². The predicted molar refractivity (Wildman–Crippen MR) is 191 cm³/mol. The number of aromatic nitrogens is 3. The normalized spacial score (nSPS) is 19.9. The van der Waals surface area contributed by atoms with Crippen LogP contribution in [-0.4, -0.2) is 23.0 Å². The lowest BCUT2D eigenvalue weighted by Crippen LogP contribution is -2.49. The van der Waals surface area contributed by atoms with Crippen molar-refractivity contribution in [3.8, 4) is 56.4 Å². The van der Waals surface area contributed by atoms with E-state index in [-0.39, 0.29) is 49.9 Å². The summed E-state index contributed by atoms with van der Waals surface area (Å²) in [5.74, 6) is -1.83. The molecule has 0 saturated carbocycles. The molecule has 0 spiro atoms. The highest BCUT2D eigenvalue weighted by Crippen LogP contribution is 2.43. The minimum absolute atomic E-state index is 0.0764. The van der Waals surface area contributed by atoms with E-state index in [1.54, 1.807) is 13.1 Å². The third-order valence-corrected chi connectivity index (χ3v) is 11.2. The first-order valence-electron chi connectivity index (χ1n) is 24.8. The smallest absolute Gasteiger partial charge is 0.164 e. The summed E-state index contributed by atoms with van der Waals surface area (Å²) in [5, 5.41) is 0.331. The molecule has 3 heterocycles. The molecule has 4 nitrogen and oxygen atoms in total. The summed E-state index contributed by atoms with van der Waals surface area (Å²) < 4.78 is 198. The van der Waals surface area contributed by atoms with E-state index in [1.807, 2.05) is 0 Å². The Hall–Kier alpha value is -5.65. The summed E-state index contributed by atoms with van der Waals surface area (Å²) in [5.41, 5.74) is -2.98. The second-order valence-corrected chi connectivity index (χ2v) is 15.1. The Kier molecular flexibility index (Phi) is 2.80. The van der Waals surface area contributed by atoms with Crippen LogP contribution in [0.5, 0.6) is 0 Å². The molecule has 218 valence electrons. The van der Waals surface area contributed by atoms with Gasteiger partial charge in [0.2, 0.25) is 0 Å². The summed E-state index contributed by atoms with van der Waals surface area (Å²) in [6.07, 6.45) is 0. The fraction of sp³-hybridized carbons (Fsp3) is 0.0488. The van der Waals surface area contributed by atoms with Gasteiger partial charge in [-0.15, -0.1) is 0 Å². The molecule has 0 radical (unpaired) electrons.